The van der Waals surface area contributed by atoms with E-state index >= 15 is 0 Å². The highest BCUT2D eigenvalue weighted by molar-refractivity contribution is 7.92. The summed E-state index contributed by atoms with van der Waals surface area (Å²) in [5, 5.41) is 12.2. The summed E-state index contributed by atoms with van der Waals surface area (Å²) in [5.41, 5.74) is -0.430. The van der Waals surface area contributed by atoms with Crippen molar-refractivity contribution in [3.63, 3.8) is 0 Å². The summed E-state index contributed by atoms with van der Waals surface area (Å²) in [6.07, 6.45) is 1.56. The fraction of sp³-hybridized carbons (Fsp3) is 0.381. The van der Waals surface area contributed by atoms with Crippen LogP contribution in [0.25, 0.3) is 0 Å². The molecule has 5 rings (SSSR count). The topological polar surface area (TPSA) is 83.5 Å². The van der Waals surface area contributed by atoms with Gasteiger partial charge in [-0.25, -0.2) is 12.8 Å². The number of carbonyl (C=O) groups excluding carboxylic acids is 1. The molecule has 3 aliphatic rings. The number of rotatable bonds is 4. The molecule has 2 aromatic carbocycles. The highest BCUT2D eigenvalue weighted by Gasteiger charge is 2.57. The standard InChI is InChI=1S/C21H20Cl2FNO4S/c1-21(27)12-7-13(21)9-15(8-12)30(28,29)19-6-11(2-4-16(19)22)20(26)25-14-3-5-18(24)17(23)10-14/h2-6,10,12-13,15,27H,7-9H2,1H3,(H,25,26). The van der Waals surface area contributed by atoms with Gasteiger partial charge < -0.3 is 10.4 Å². The Balaban J connectivity index is 1.58. The summed E-state index contributed by atoms with van der Waals surface area (Å²) in [7, 11) is -3.78. The van der Waals surface area contributed by atoms with Gasteiger partial charge in [-0.15, -0.1) is 0 Å². The Morgan fingerprint density at radius 3 is 2.37 bits per heavy atom. The molecule has 3 fully saturated rings. The molecule has 2 bridgehead atoms. The summed E-state index contributed by atoms with van der Waals surface area (Å²) in [6, 6.07) is 7.80. The molecule has 0 saturated heterocycles. The van der Waals surface area contributed by atoms with Gasteiger partial charge in [0.25, 0.3) is 5.91 Å². The second kappa shape index (κ2) is 7.48. The minimum absolute atomic E-state index is 0.0439. The Morgan fingerprint density at radius 2 is 1.77 bits per heavy atom. The molecule has 9 heteroatoms. The van der Waals surface area contributed by atoms with Crippen molar-refractivity contribution in [3.05, 3.63) is 57.8 Å². The third kappa shape index (κ3) is 3.62. The SMILES string of the molecule is CC1(O)C2CC1CC(S(=O)(=O)c1cc(C(=O)Nc3ccc(F)c(Cl)c3)ccc1Cl)C2. The van der Waals surface area contributed by atoms with Crippen molar-refractivity contribution < 1.29 is 22.7 Å². The number of fused-ring (bicyclic) bond motifs is 2. The molecule has 0 heterocycles. The van der Waals surface area contributed by atoms with Crippen molar-refractivity contribution in [1.29, 1.82) is 0 Å². The van der Waals surface area contributed by atoms with Crippen LogP contribution in [0.1, 0.15) is 36.5 Å². The van der Waals surface area contributed by atoms with Gasteiger partial charge in [-0.2, -0.15) is 0 Å². The van der Waals surface area contributed by atoms with E-state index in [0.29, 0.717) is 12.8 Å². The summed E-state index contributed by atoms with van der Waals surface area (Å²) in [6.45, 7) is 1.76. The van der Waals surface area contributed by atoms with Crippen LogP contribution in [0.5, 0.6) is 0 Å². The Labute approximate surface area is 184 Å². The first kappa shape index (κ1) is 21.6. The first-order valence-corrected chi connectivity index (χ1v) is 11.8. The zero-order valence-corrected chi connectivity index (χ0v) is 18.4. The molecular weight excluding hydrogens is 452 g/mol. The van der Waals surface area contributed by atoms with Crippen molar-refractivity contribution in [2.45, 2.75) is 41.9 Å². The van der Waals surface area contributed by atoms with E-state index in [-0.39, 0.29) is 38.0 Å². The highest BCUT2D eigenvalue weighted by atomic mass is 35.5. The molecule has 3 aliphatic carbocycles. The number of benzene rings is 2. The number of sulfone groups is 1. The molecule has 0 spiro atoms. The van der Waals surface area contributed by atoms with Crippen LogP contribution in [-0.4, -0.2) is 30.3 Å². The number of anilines is 1. The van der Waals surface area contributed by atoms with E-state index in [9.17, 15) is 22.7 Å². The largest absolute Gasteiger partial charge is 0.390 e. The average molecular weight is 472 g/mol. The third-order valence-electron chi connectivity index (χ3n) is 6.43. The summed E-state index contributed by atoms with van der Waals surface area (Å²) in [4.78, 5) is 12.5. The second-order valence-electron chi connectivity index (χ2n) is 8.22. The van der Waals surface area contributed by atoms with Gasteiger partial charge in [0.2, 0.25) is 0 Å². The van der Waals surface area contributed by atoms with Crippen molar-refractivity contribution in [2.24, 2.45) is 11.8 Å². The fourth-order valence-electron chi connectivity index (χ4n) is 4.47. The molecule has 5 nitrogen and oxygen atoms in total. The van der Waals surface area contributed by atoms with E-state index in [1.165, 1.54) is 30.3 Å². The number of amides is 1. The number of halogens is 3. The fourth-order valence-corrected chi connectivity index (χ4v) is 7.05. The smallest absolute Gasteiger partial charge is 0.255 e. The van der Waals surface area contributed by atoms with Crippen LogP contribution in [-0.2, 0) is 9.84 Å². The number of hydrogen-bond donors (Lipinski definition) is 2. The first-order chi connectivity index (χ1) is 14.0. The van der Waals surface area contributed by atoms with E-state index in [2.05, 4.69) is 5.32 Å². The van der Waals surface area contributed by atoms with Crippen LogP contribution in [0, 0.1) is 17.7 Å². The Kier molecular flexibility index (Phi) is 5.37. The van der Waals surface area contributed by atoms with Gasteiger partial charge in [0, 0.05) is 11.3 Å². The van der Waals surface area contributed by atoms with Crippen LogP contribution in [0.3, 0.4) is 0 Å². The van der Waals surface area contributed by atoms with Gasteiger partial charge in [-0.1, -0.05) is 23.2 Å². The molecular formula is C21H20Cl2FNO4S. The molecule has 0 aromatic heterocycles. The van der Waals surface area contributed by atoms with Gasteiger partial charge in [0.15, 0.2) is 9.84 Å². The summed E-state index contributed by atoms with van der Waals surface area (Å²) >= 11 is 11.9. The van der Waals surface area contributed by atoms with Crippen LogP contribution in [0.2, 0.25) is 10.0 Å². The Bertz CT molecular complexity index is 1120. The molecule has 1 amide bonds. The molecule has 2 N–H and O–H groups in total. The maximum Gasteiger partial charge on any atom is 0.255 e. The normalized spacial score (nSPS) is 28.0. The summed E-state index contributed by atoms with van der Waals surface area (Å²) < 4.78 is 39.8. The van der Waals surface area contributed by atoms with Gasteiger partial charge >= 0.3 is 0 Å². The Morgan fingerprint density at radius 1 is 1.10 bits per heavy atom. The van der Waals surface area contributed by atoms with E-state index in [1.54, 1.807) is 6.92 Å². The second-order valence-corrected chi connectivity index (χ2v) is 11.2. The van der Waals surface area contributed by atoms with Crippen molar-refractivity contribution in [2.75, 3.05) is 5.32 Å². The summed E-state index contributed by atoms with van der Waals surface area (Å²) in [5.74, 6) is -1.28. The lowest BCUT2D eigenvalue weighted by Crippen LogP contribution is -2.60. The third-order valence-corrected chi connectivity index (χ3v) is 9.38. The molecule has 0 aliphatic heterocycles. The Hall–Kier alpha value is -1.67. The van der Waals surface area contributed by atoms with Crippen molar-refractivity contribution in [3.8, 4) is 0 Å². The number of nitrogens with one attached hydrogen (secondary N) is 1. The number of hydrogen-bond acceptors (Lipinski definition) is 4. The van der Waals surface area contributed by atoms with Gasteiger partial charge in [-0.05, 0) is 74.4 Å². The van der Waals surface area contributed by atoms with Gasteiger partial charge in [0.1, 0.15) is 5.82 Å². The highest BCUT2D eigenvalue weighted by Crippen LogP contribution is 2.55. The van der Waals surface area contributed by atoms with E-state index < -0.39 is 32.4 Å². The molecule has 30 heavy (non-hydrogen) atoms. The molecule has 160 valence electrons. The van der Waals surface area contributed by atoms with Crippen LogP contribution in [0.4, 0.5) is 10.1 Å². The van der Waals surface area contributed by atoms with E-state index in [1.807, 2.05) is 0 Å². The van der Waals surface area contributed by atoms with Crippen LogP contribution < -0.4 is 5.32 Å². The maximum absolute atomic E-state index is 13.3. The van der Waals surface area contributed by atoms with Crippen LogP contribution in [0.15, 0.2) is 41.3 Å². The minimum Gasteiger partial charge on any atom is -0.390 e. The van der Waals surface area contributed by atoms with Crippen LogP contribution >= 0.6 is 23.2 Å². The maximum atomic E-state index is 13.3. The van der Waals surface area contributed by atoms with Gasteiger partial charge in [0.05, 0.1) is 25.8 Å². The monoisotopic (exact) mass is 471 g/mol. The zero-order valence-electron chi connectivity index (χ0n) is 16.0. The predicted molar refractivity (Wildman–Crippen MR) is 113 cm³/mol. The lowest BCUT2D eigenvalue weighted by atomic mass is 9.54. The quantitative estimate of drug-likeness (QED) is 0.676. The average Bonchev–Trinajstić information content (AvgIpc) is 2.70. The number of aliphatic hydroxyl groups is 1. The molecule has 3 saturated carbocycles. The van der Waals surface area contributed by atoms with E-state index in [0.717, 1.165) is 12.5 Å². The number of carbonyl (C=O) groups is 1. The van der Waals surface area contributed by atoms with Gasteiger partial charge in [-0.3, -0.25) is 4.79 Å². The van der Waals surface area contributed by atoms with Crippen molar-refractivity contribution in [1.82, 2.24) is 0 Å². The lowest BCUT2D eigenvalue weighted by molar-refractivity contribution is -0.162. The molecule has 2 atom stereocenters. The molecule has 0 radical (unpaired) electrons. The molecule has 2 unspecified atom stereocenters. The van der Waals surface area contributed by atoms with Crippen molar-refractivity contribution >= 4 is 44.6 Å². The lowest BCUT2D eigenvalue weighted by Gasteiger charge is -2.56. The van der Waals surface area contributed by atoms with E-state index in [4.69, 9.17) is 23.2 Å². The molecule has 2 aromatic rings. The predicted octanol–water partition coefficient (Wildman–Crippen LogP) is 4.71. The zero-order chi connectivity index (χ0) is 21.8. The minimum atomic E-state index is -3.78. The first-order valence-electron chi connectivity index (χ1n) is 9.52.